The van der Waals surface area contributed by atoms with Gasteiger partial charge in [-0.25, -0.2) is 8.42 Å². The number of hydrogen-bond acceptors (Lipinski definition) is 5. The molecule has 146 valence electrons. The van der Waals surface area contributed by atoms with Crippen molar-refractivity contribution in [3.05, 3.63) is 88.4 Å². The number of halogens is 1. The molecule has 5 nitrogen and oxygen atoms in total. The standard InChI is InChI=1S/C22H16BrNO4S/c23-20-3-1-2-17(12-20)14-29(26,27)15-22(25)28-21-10-8-19(9-11-21)18-6-4-16(13-24)5-7-18/h1-12H,14-15H2. The second-order valence-electron chi connectivity index (χ2n) is 6.35. The predicted octanol–water partition coefficient (Wildman–Crippen LogP) is 4.51. The van der Waals surface area contributed by atoms with Crippen LogP contribution in [0.2, 0.25) is 0 Å². The summed E-state index contributed by atoms with van der Waals surface area (Å²) in [4.78, 5) is 12.1. The first-order valence-corrected chi connectivity index (χ1v) is 11.2. The number of hydrogen-bond donors (Lipinski definition) is 0. The monoisotopic (exact) mass is 469 g/mol. The van der Waals surface area contributed by atoms with Crippen molar-refractivity contribution in [2.24, 2.45) is 0 Å². The van der Waals surface area contributed by atoms with Gasteiger partial charge in [0, 0.05) is 4.47 Å². The van der Waals surface area contributed by atoms with Crippen LogP contribution in [0.5, 0.6) is 5.75 Å². The highest BCUT2D eigenvalue weighted by atomic mass is 79.9. The molecule has 29 heavy (non-hydrogen) atoms. The van der Waals surface area contributed by atoms with Crippen molar-refractivity contribution in [2.75, 3.05) is 5.75 Å². The van der Waals surface area contributed by atoms with E-state index in [1.807, 2.05) is 12.1 Å². The zero-order valence-corrected chi connectivity index (χ0v) is 17.6. The van der Waals surface area contributed by atoms with Gasteiger partial charge in [0.1, 0.15) is 11.5 Å². The van der Waals surface area contributed by atoms with Crippen LogP contribution in [0.15, 0.2) is 77.3 Å². The maximum Gasteiger partial charge on any atom is 0.326 e. The van der Waals surface area contributed by atoms with E-state index in [0.717, 1.165) is 15.6 Å². The lowest BCUT2D eigenvalue weighted by Crippen LogP contribution is -2.22. The second-order valence-corrected chi connectivity index (χ2v) is 9.33. The van der Waals surface area contributed by atoms with E-state index < -0.39 is 21.6 Å². The Bertz CT molecular complexity index is 1160. The Morgan fingerprint density at radius 2 is 1.59 bits per heavy atom. The summed E-state index contributed by atoms with van der Waals surface area (Å²) in [6.07, 6.45) is 0. The summed E-state index contributed by atoms with van der Waals surface area (Å²) in [7, 11) is -3.65. The Balaban J connectivity index is 1.62. The summed E-state index contributed by atoms with van der Waals surface area (Å²) in [6.45, 7) is 0. The smallest absolute Gasteiger partial charge is 0.326 e. The van der Waals surface area contributed by atoms with Gasteiger partial charge in [-0.05, 0) is 53.1 Å². The third-order valence-electron chi connectivity index (χ3n) is 4.05. The highest BCUT2D eigenvalue weighted by molar-refractivity contribution is 9.10. The van der Waals surface area contributed by atoms with Crippen molar-refractivity contribution in [3.63, 3.8) is 0 Å². The normalized spacial score (nSPS) is 10.9. The average molecular weight is 470 g/mol. The molecule has 0 saturated carbocycles. The molecule has 3 aromatic carbocycles. The van der Waals surface area contributed by atoms with Crippen molar-refractivity contribution < 1.29 is 17.9 Å². The van der Waals surface area contributed by atoms with Crippen LogP contribution in [0.25, 0.3) is 11.1 Å². The molecule has 0 aliphatic heterocycles. The molecule has 0 spiro atoms. The fourth-order valence-electron chi connectivity index (χ4n) is 2.72. The Morgan fingerprint density at radius 1 is 0.966 bits per heavy atom. The number of ether oxygens (including phenoxy) is 1. The van der Waals surface area contributed by atoms with E-state index in [0.29, 0.717) is 11.1 Å². The van der Waals surface area contributed by atoms with Crippen molar-refractivity contribution in [3.8, 4) is 22.9 Å². The summed E-state index contributed by atoms with van der Waals surface area (Å²) in [6, 6.07) is 22.8. The van der Waals surface area contributed by atoms with Crippen molar-refractivity contribution in [1.29, 1.82) is 5.26 Å². The molecule has 0 unspecified atom stereocenters. The molecule has 0 aliphatic carbocycles. The maximum atomic E-state index is 12.3. The van der Waals surface area contributed by atoms with Crippen LogP contribution in [-0.2, 0) is 20.4 Å². The largest absolute Gasteiger partial charge is 0.426 e. The van der Waals surface area contributed by atoms with Crippen LogP contribution in [0.3, 0.4) is 0 Å². The molecular weight excluding hydrogens is 454 g/mol. The molecule has 3 aromatic rings. The minimum absolute atomic E-state index is 0.237. The predicted molar refractivity (Wildman–Crippen MR) is 114 cm³/mol. The molecule has 0 heterocycles. The quantitative estimate of drug-likeness (QED) is 0.391. The fourth-order valence-corrected chi connectivity index (χ4v) is 4.38. The summed E-state index contributed by atoms with van der Waals surface area (Å²) in [5.41, 5.74) is 2.97. The van der Waals surface area contributed by atoms with Gasteiger partial charge in [0.2, 0.25) is 0 Å². The first kappa shape index (κ1) is 20.8. The number of carbonyl (C=O) groups excluding carboxylic acids is 1. The van der Waals surface area contributed by atoms with E-state index in [1.165, 1.54) is 0 Å². The molecule has 0 N–H and O–H groups in total. The fraction of sp³-hybridized carbons (Fsp3) is 0.0909. The van der Waals surface area contributed by atoms with E-state index in [1.54, 1.807) is 60.7 Å². The number of carbonyl (C=O) groups is 1. The van der Waals surface area contributed by atoms with E-state index >= 15 is 0 Å². The number of nitrogens with zero attached hydrogens (tertiary/aromatic N) is 1. The number of benzene rings is 3. The summed E-state index contributed by atoms with van der Waals surface area (Å²) in [5, 5.41) is 8.85. The molecule has 0 aliphatic rings. The highest BCUT2D eigenvalue weighted by Crippen LogP contribution is 2.23. The Labute approximate surface area is 177 Å². The maximum absolute atomic E-state index is 12.3. The molecule has 0 aromatic heterocycles. The number of nitriles is 1. The Morgan fingerprint density at radius 3 is 2.17 bits per heavy atom. The molecule has 0 fully saturated rings. The van der Waals surface area contributed by atoms with Gasteiger partial charge in [0.05, 0.1) is 17.4 Å². The first-order chi connectivity index (χ1) is 13.8. The lowest BCUT2D eigenvalue weighted by Gasteiger charge is -2.07. The van der Waals surface area contributed by atoms with Crippen LogP contribution in [0.4, 0.5) is 0 Å². The number of sulfone groups is 1. The molecular formula is C22H16BrNO4S. The Hall–Kier alpha value is -2.95. The molecule has 0 saturated heterocycles. The van der Waals surface area contributed by atoms with E-state index in [2.05, 4.69) is 22.0 Å². The molecule has 0 radical (unpaired) electrons. The third kappa shape index (κ3) is 6.01. The average Bonchev–Trinajstić information content (AvgIpc) is 2.68. The molecule has 0 atom stereocenters. The zero-order chi connectivity index (χ0) is 20.9. The third-order valence-corrected chi connectivity index (χ3v) is 5.99. The highest BCUT2D eigenvalue weighted by Gasteiger charge is 2.19. The molecule has 7 heteroatoms. The van der Waals surface area contributed by atoms with Gasteiger partial charge in [-0.15, -0.1) is 0 Å². The van der Waals surface area contributed by atoms with Gasteiger partial charge in [0.15, 0.2) is 9.84 Å². The summed E-state index contributed by atoms with van der Waals surface area (Å²) in [5.74, 6) is -1.49. The van der Waals surface area contributed by atoms with Crippen LogP contribution < -0.4 is 4.74 Å². The van der Waals surface area contributed by atoms with Gasteiger partial charge in [-0.2, -0.15) is 5.26 Å². The van der Waals surface area contributed by atoms with Crippen molar-refractivity contribution in [2.45, 2.75) is 5.75 Å². The van der Waals surface area contributed by atoms with Crippen molar-refractivity contribution in [1.82, 2.24) is 0 Å². The second kappa shape index (κ2) is 9.03. The van der Waals surface area contributed by atoms with Gasteiger partial charge < -0.3 is 4.74 Å². The molecule has 3 rings (SSSR count). The van der Waals surface area contributed by atoms with Crippen molar-refractivity contribution >= 4 is 31.7 Å². The van der Waals surface area contributed by atoms with Gasteiger partial charge >= 0.3 is 5.97 Å². The number of rotatable bonds is 6. The van der Waals surface area contributed by atoms with Crippen LogP contribution in [0.1, 0.15) is 11.1 Å². The SMILES string of the molecule is N#Cc1ccc(-c2ccc(OC(=O)CS(=O)(=O)Cc3cccc(Br)c3)cc2)cc1. The van der Waals surface area contributed by atoms with Crippen LogP contribution in [0, 0.1) is 11.3 Å². The van der Waals surface area contributed by atoms with E-state index in [4.69, 9.17) is 10.00 Å². The minimum Gasteiger partial charge on any atom is -0.426 e. The van der Waals surface area contributed by atoms with Crippen LogP contribution in [-0.4, -0.2) is 20.1 Å². The van der Waals surface area contributed by atoms with Crippen LogP contribution >= 0.6 is 15.9 Å². The van der Waals surface area contributed by atoms with E-state index in [-0.39, 0.29) is 11.5 Å². The topological polar surface area (TPSA) is 84.2 Å². The number of esters is 1. The van der Waals surface area contributed by atoms with E-state index in [9.17, 15) is 13.2 Å². The van der Waals surface area contributed by atoms with Gasteiger partial charge in [-0.1, -0.05) is 52.3 Å². The zero-order valence-electron chi connectivity index (χ0n) is 15.2. The minimum atomic E-state index is -3.65. The summed E-state index contributed by atoms with van der Waals surface area (Å²) >= 11 is 3.29. The lowest BCUT2D eigenvalue weighted by atomic mass is 10.0. The van der Waals surface area contributed by atoms with Gasteiger partial charge in [0.25, 0.3) is 0 Å². The molecule has 0 bridgehead atoms. The summed E-state index contributed by atoms with van der Waals surface area (Å²) < 4.78 is 30.5. The lowest BCUT2D eigenvalue weighted by molar-refractivity contribution is -0.131. The molecule has 0 amide bonds. The Kier molecular flexibility index (Phi) is 6.47. The first-order valence-electron chi connectivity index (χ1n) is 8.61. The van der Waals surface area contributed by atoms with Gasteiger partial charge in [-0.3, -0.25) is 4.79 Å².